The average molecular weight is 621 g/mol. The largest absolute Gasteiger partial charge is 0.486 e. The summed E-state index contributed by atoms with van der Waals surface area (Å²) >= 11 is 0. The molecule has 45 heavy (non-hydrogen) atoms. The van der Waals surface area contributed by atoms with E-state index in [1.54, 1.807) is 0 Å². The van der Waals surface area contributed by atoms with Crippen LogP contribution in [-0.2, 0) is 9.59 Å². The summed E-state index contributed by atoms with van der Waals surface area (Å²) in [7, 11) is 0. The average Bonchev–Trinajstić information content (AvgIpc) is 3.42. The molecule has 0 aromatic heterocycles. The molecule has 0 radical (unpaired) electrons. The quantitative estimate of drug-likeness (QED) is 0.189. The number of rotatable bonds is 16. The highest BCUT2D eigenvalue weighted by Gasteiger charge is 2.55. The highest BCUT2D eigenvalue weighted by Crippen LogP contribution is 2.60. The molecule has 5 aliphatic carbocycles. The molecule has 6 aliphatic rings. The van der Waals surface area contributed by atoms with Crippen LogP contribution in [0.25, 0.3) is 0 Å². The normalized spacial score (nSPS) is 32.4. The molecule has 0 unspecified atom stereocenters. The number of nitrogens with one attached hydrogen (secondary N) is 1. The summed E-state index contributed by atoms with van der Waals surface area (Å²) in [4.78, 5) is 29.9. The van der Waals surface area contributed by atoms with Crippen LogP contribution in [0.15, 0.2) is 35.9 Å². The molecule has 4 bridgehead atoms. The van der Waals surface area contributed by atoms with Gasteiger partial charge < -0.3 is 25.2 Å². The van der Waals surface area contributed by atoms with Gasteiger partial charge in [-0.05, 0) is 80.3 Å². The van der Waals surface area contributed by atoms with Gasteiger partial charge in [0.15, 0.2) is 0 Å². The van der Waals surface area contributed by atoms with Crippen LogP contribution in [0.2, 0.25) is 0 Å². The summed E-state index contributed by atoms with van der Waals surface area (Å²) in [6.07, 6.45) is 19.1. The second-order valence-electron chi connectivity index (χ2n) is 15.2. The monoisotopic (exact) mass is 620 g/mol. The maximum Gasteiger partial charge on any atom is 0.247 e. The Morgan fingerprint density at radius 2 is 1.56 bits per heavy atom. The first-order valence-electron chi connectivity index (χ1n) is 18.2. The van der Waals surface area contributed by atoms with Crippen molar-refractivity contribution in [2.45, 2.75) is 134 Å². The lowest BCUT2D eigenvalue weighted by molar-refractivity contribution is -0.145. The van der Waals surface area contributed by atoms with Gasteiger partial charge in [0.05, 0.1) is 18.6 Å². The Hall–Kier alpha value is -2.38. The molecule has 7 rings (SSSR count). The van der Waals surface area contributed by atoms with E-state index in [4.69, 9.17) is 4.74 Å². The van der Waals surface area contributed by atoms with Gasteiger partial charge in [0.1, 0.15) is 18.0 Å². The third-order valence-electron chi connectivity index (χ3n) is 11.7. The van der Waals surface area contributed by atoms with Gasteiger partial charge in [-0.25, -0.2) is 0 Å². The minimum Gasteiger partial charge on any atom is -0.486 e. The second-order valence-corrected chi connectivity index (χ2v) is 15.2. The van der Waals surface area contributed by atoms with Gasteiger partial charge in [-0.15, -0.1) is 0 Å². The van der Waals surface area contributed by atoms with Crippen LogP contribution in [0.5, 0.6) is 5.75 Å². The Morgan fingerprint density at radius 1 is 0.933 bits per heavy atom. The number of unbranched alkanes of at least 4 members (excludes halogenated alkanes) is 8. The number of aliphatic hydroxyl groups excluding tert-OH is 2. The summed E-state index contributed by atoms with van der Waals surface area (Å²) in [5.41, 5.74) is 1.52. The van der Waals surface area contributed by atoms with Gasteiger partial charge in [-0.2, -0.15) is 0 Å². The minimum atomic E-state index is -0.947. The summed E-state index contributed by atoms with van der Waals surface area (Å²) in [5.74, 6) is 2.37. The van der Waals surface area contributed by atoms with Crippen molar-refractivity contribution < 1.29 is 24.5 Å². The zero-order valence-corrected chi connectivity index (χ0v) is 27.4. The van der Waals surface area contributed by atoms with Crippen LogP contribution >= 0.6 is 0 Å². The third kappa shape index (κ3) is 7.15. The van der Waals surface area contributed by atoms with Crippen molar-refractivity contribution in [3.8, 4) is 5.75 Å². The number of amides is 2. The van der Waals surface area contributed by atoms with E-state index in [1.807, 2.05) is 35.2 Å². The minimum absolute atomic E-state index is 0.0954. The molecule has 0 spiro atoms. The number of aliphatic hydroxyl groups is 2. The van der Waals surface area contributed by atoms with Crippen molar-refractivity contribution in [3.05, 3.63) is 41.5 Å². The van der Waals surface area contributed by atoms with E-state index >= 15 is 0 Å². The van der Waals surface area contributed by atoms with Crippen LogP contribution in [0.3, 0.4) is 0 Å². The lowest BCUT2D eigenvalue weighted by atomic mass is 9.49. The molecule has 4 atom stereocenters. The molecule has 1 aliphatic heterocycles. The predicted molar refractivity (Wildman–Crippen MR) is 176 cm³/mol. The Labute approximate surface area is 270 Å². The third-order valence-corrected chi connectivity index (χ3v) is 11.7. The first kappa shape index (κ1) is 32.6. The van der Waals surface area contributed by atoms with E-state index in [1.165, 1.54) is 77.0 Å². The van der Waals surface area contributed by atoms with E-state index in [0.717, 1.165) is 42.6 Å². The van der Waals surface area contributed by atoms with Gasteiger partial charge in [-0.1, -0.05) is 76.5 Å². The molecule has 248 valence electrons. The van der Waals surface area contributed by atoms with E-state index in [2.05, 4.69) is 12.2 Å². The maximum absolute atomic E-state index is 14.3. The number of hydrogen-bond acceptors (Lipinski definition) is 5. The van der Waals surface area contributed by atoms with Crippen LogP contribution < -0.4 is 10.1 Å². The van der Waals surface area contributed by atoms with Gasteiger partial charge in [0.25, 0.3) is 0 Å². The maximum atomic E-state index is 14.3. The van der Waals surface area contributed by atoms with Crippen molar-refractivity contribution in [2.24, 2.45) is 23.2 Å². The van der Waals surface area contributed by atoms with Crippen molar-refractivity contribution in [1.29, 1.82) is 0 Å². The fourth-order valence-corrected chi connectivity index (χ4v) is 10.1. The zero-order chi connectivity index (χ0) is 31.4. The Bertz CT molecular complexity index is 1180. The van der Waals surface area contributed by atoms with Crippen molar-refractivity contribution in [2.75, 3.05) is 19.7 Å². The number of benzene rings is 1. The number of carbonyl (C=O) groups is 2. The second kappa shape index (κ2) is 14.6. The molecule has 7 nitrogen and oxygen atoms in total. The van der Waals surface area contributed by atoms with Crippen LogP contribution in [0, 0.1) is 23.2 Å². The molecule has 4 fully saturated rings. The standard InChI is InChI=1S/C38H56N2O5/c1-2-3-4-5-6-7-8-9-10-15-33(42)40(25-38-22-26-18-27(23-38)20-28(19-26)24-38)31-21-30(37(44)39-16-17-41)34-29-13-11-12-14-32(29)45-36(34)35(31)43/h11-14,21,26-28,31,34-36,41,43H,2-10,15-20,22-25H2,1H3,(H,39,44)/t26?,27?,28?,31-,34+,35+,36+,38?/m1/s1. The molecule has 2 amide bonds. The van der Waals surface area contributed by atoms with Crippen molar-refractivity contribution >= 4 is 11.8 Å². The highest BCUT2D eigenvalue weighted by molar-refractivity contribution is 5.96. The van der Waals surface area contributed by atoms with E-state index < -0.39 is 24.2 Å². The van der Waals surface area contributed by atoms with Crippen molar-refractivity contribution in [3.63, 3.8) is 0 Å². The summed E-state index contributed by atoms with van der Waals surface area (Å²) < 4.78 is 6.36. The topological polar surface area (TPSA) is 99.1 Å². The first-order chi connectivity index (χ1) is 21.9. The predicted octanol–water partition coefficient (Wildman–Crippen LogP) is 6.28. The SMILES string of the molecule is CCCCCCCCCCCC(=O)N(CC12CC3CC(CC(C3)C1)C2)[C@@H]1C=C(C(=O)NCCO)[C@@H]2c3ccccc3O[C@@H]2[C@H]1O. The summed E-state index contributed by atoms with van der Waals surface area (Å²) in [6.45, 7) is 2.90. The van der Waals surface area contributed by atoms with Crippen LogP contribution in [0.1, 0.15) is 121 Å². The van der Waals surface area contributed by atoms with E-state index in [0.29, 0.717) is 24.3 Å². The molecule has 1 aromatic rings. The first-order valence-corrected chi connectivity index (χ1v) is 18.2. The van der Waals surface area contributed by atoms with E-state index in [9.17, 15) is 19.8 Å². The molecule has 0 saturated heterocycles. The fraction of sp³-hybridized carbons (Fsp3) is 0.737. The summed E-state index contributed by atoms with van der Waals surface area (Å²) in [6, 6.07) is 7.06. The number of para-hydroxylation sites is 1. The highest BCUT2D eigenvalue weighted by atomic mass is 16.5. The molecular formula is C38H56N2O5. The molecule has 3 N–H and O–H groups in total. The Morgan fingerprint density at radius 3 is 2.20 bits per heavy atom. The van der Waals surface area contributed by atoms with Crippen LogP contribution in [0.4, 0.5) is 0 Å². The Kier molecular flexibility index (Phi) is 10.6. The van der Waals surface area contributed by atoms with Crippen molar-refractivity contribution in [1.82, 2.24) is 10.2 Å². The number of hydrogen-bond donors (Lipinski definition) is 3. The fourth-order valence-electron chi connectivity index (χ4n) is 10.1. The molecule has 4 saturated carbocycles. The van der Waals surface area contributed by atoms with Crippen LogP contribution in [-0.4, -0.2) is 64.9 Å². The number of carbonyl (C=O) groups excluding carboxylic acids is 2. The lowest BCUT2D eigenvalue weighted by Gasteiger charge is -2.58. The van der Waals surface area contributed by atoms with Gasteiger partial charge in [-0.3, -0.25) is 9.59 Å². The lowest BCUT2D eigenvalue weighted by Crippen LogP contribution is -2.59. The van der Waals surface area contributed by atoms with Gasteiger partial charge in [0, 0.05) is 30.6 Å². The van der Waals surface area contributed by atoms with E-state index in [-0.39, 0.29) is 30.4 Å². The van der Waals surface area contributed by atoms with Gasteiger partial charge >= 0.3 is 0 Å². The van der Waals surface area contributed by atoms with Gasteiger partial charge in [0.2, 0.25) is 11.8 Å². The number of nitrogens with zero attached hydrogens (tertiary/aromatic N) is 1. The molecule has 1 aromatic carbocycles. The molecule has 7 heteroatoms. The zero-order valence-electron chi connectivity index (χ0n) is 27.4. The number of ether oxygens (including phenoxy) is 1. The number of fused-ring (bicyclic) bond motifs is 3. The molecular weight excluding hydrogens is 564 g/mol. The molecule has 1 heterocycles. The Balaban J connectivity index is 1.23. The smallest absolute Gasteiger partial charge is 0.247 e. The summed E-state index contributed by atoms with van der Waals surface area (Å²) in [5, 5.41) is 24.3.